The van der Waals surface area contributed by atoms with Crippen molar-refractivity contribution in [2.75, 3.05) is 7.05 Å². The number of carbonyl (C=O) groups is 1. The monoisotopic (exact) mass is 560 g/mol. The Balaban J connectivity index is 1.56. The highest BCUT2D eigenvalue weighted by molar-refractivity contribution is 7.90. The normalized spacial score (nSPS) is 12.0. The van der Waals surface area contributed by atoms with Crippen molar-refractivity contribution in [3.05, 3.63) is 103 Å². The molecule has 0 radical (unpaired) electrons. The van der Waals surface area contributed by atoms with Crippen LogP contribution in [0, 0.1) is 5.82 Å². The van der Waals surface area contributed by atoms with Gasteiger partial charge in [-0.2, -0.15) is 0 Å². The molecule has 0 atom stereocenters. The number of amides is 1. The summed E-state index contributed by atoms with van der Waals surface area (Å²) in [4.78, 5) is 13.9. The van der Waals surface area contributed by atoms with Crippen molar-refractivity contribution in [1.29, 1.82) is 0 Å². The lowest BCUT2D eigenvalue weighted by Crippen LogP contribution is -2.33. The Morgan fingerprint density at radius 3 is 2.48 bits per heavy atom. The molecule has 0 N–H and O–H groups in total. The molecule has 9 heteroatoms. The van der Waals surface area contributed by atoms with E-state index in [-0.39, 0.29) is 22.7 Å². The molecule has 40 heavy (non-hydrogen) atoms. The second-order valence-electron chi connectivity index (χ2n) is 10.6. The van der Waals surface area contributed by atoms with Crippen LogP contribution in [0.15, 0.2) is 101 Å². The highest BCUT2D eigenvalue weighted by atomic mass is 32.2. The van der Waals surface area contributed by atoms with Crippen LogP contribution in [0.5, 0.6) is 0 Å². The predicted octanol–water partition coefficient (Wildman–Crippen LogP) is 7.31. The van der Waals surface area contributed by atoms with Gasteiger partial charge in [0, 0.05) is 24.2 Å². The Morgan fingerprint density at radius 2 is 1.73 bits per heavy atom. The van der Waals surface area contributed by atoms with Gasteiger partial charge in [-0.1, -0.05) is 30.3 Å². The molecule has 0 fully saturated rings. The van der Waals surface area contributed by atoms with E-state index in [9.17, 15) is 17.6 Å². The van der Waals surface area contributed by atoms with E-state index in [1.807, 2.05) is 30.3 Å². The van der Waals surface area contributed by atoms with E-state index < -0.39 is 27.5 Å². The van der Waals surface area contributed by atoms with Gasteiger partial charge >= 0.3 is 6.09 Å². The summed E-state index contributed by atoms with van der Waals surface area (Å²) in [5.74, 6) is -0.564. The lowest BCUT2D eigenvalue weighted by Gasteiger charge is -2.24. The number of hydrogen-bond donors (Lipinski definition) is 0. The third-order valence-corrected chi connectivity index (χ3v) is 7.96. The Labute approximate surface area is 232 Å². The van der Waals surface area contributed by atoms with Crippen LogP contribution in [-0.2, 0) is 21.3 Å². The quantitative estimate of drug-likeness (QED) is 0.217. The number of benzene rings is 3. The molecule has 0 saturated heterocycles. The second-order valence-corrected chi connectivity index (χ2v) is 12.4. The van der Waals surface area contributed by atoms with Crippen molar-refractivity contribution in [3.8, 4) is 22.4 Å². The van der Waals surface area contributed by atoms with Crippen molar-refractivity contribution in [2.45, 2.75) is 37.8 Å². The van der Waals surface area contributed by atoms with Crippen molar-refractivity contribution in [1.82, 2.24) is 8.87 Å². The zero-order chi connectivity index (χ0) is 28.7. The molecule has 0 aliphatic heterocycles. The van der Waals surface area contributed by atoms with Gasteiger partial charge in [-0.15, -0.1) is 0 Å². The van der Waals surface area contributed by atoms with Crippen LogP contribution >= 0.6 is 0 Å². The summed E-state index contributed by atoms with van der Waals surface area (Å²) in [6, 6.07) is 21.6. The van der Waals surface area contributed by atoms with E-state index in [2.05, 4.69) is 0 Å². The molecular formula is C31H29FN2O5S. The van der Waals surface area contributed by atoms with Crippen LogP contribution in [0.2, 0.25) is 0 Å². The number of rotatable bonds is 6. The molecule has 0 aliphatic carbocycles. The largest absolute Gasteiger partial charge is 0.464 e. The van der Waals surface area contributed by atoms with Crippen molar-refractivity contribution >= 4 is 27.1 Å². The van der Waals surface area contributed by atoms with Crippen LogP contribution in [0.1, 0.15) is 26.3 Å². The van der Waals surface area contributed by atoms with Gasteiger partial charge in [-0.25, -0.2) is 21.6 Å². The molecule has 5 rings (SSSR count). The van der Waals surface area contributed by atoms with Gasteiger partial charge in [0.2, 0.25) is 0 Å². The minimum absolute atomic E-state index is 0.0394. The molecule has 0 spiro atoms. The summed E-state index contributed by atoms with van der Waals surface area (Å²) >= 11 is 0. The van der Waals surface area contributed by atoms with Crippen molar-refractivity contribution < 1.29 is 26.8 Å². The van der Waals surface area contributed by atoms with Crippen LogP contribution < -0.4 is 0 Å². The average molecular weight is 561 g/mol. The molecule has 3 aromatic carbocycles. The van der Waals surface area contributed by atoms with Gasteiger partial charge in [-0.05, 0) is 86.0 Å². The zero-order valence-electron chi connectivity index (χ0n) is 22.6. The van der Waals surface area contributed by atoms with E-state index in [0.717, 1.165) is 20.5 Å². The van der Waals surface area contributed by atoms with E-state index in [0.29, 0.717) is 11.1 Å². The number of furan rings is 1. The van der Waals surface area contributed by atoms with Gasteiger partial charge < -0.3 is 14.1 Å². The molecule has 0 aliphatic rings. The Hall–Kier alpha value is -4.37. The third kappa shape index (κ3) is 5.51. The van der Waals surface area contributed by atoms with E-state index in [1.165, 1.54) is 35.4 Å². The number of hydrogen-bond acceptors (Lipinski definition) is 5. The summed E-state index contributed by atoms with van der Waals surface area (Å²) in [5, 5.41) is 0.900. The summed E-state index contributed by atoms with van der Waals surface area (Å²) in [7, 11) is -2.61. The summed E-state index contributed by atoms with van der Waals surface area (Å²) in [5.41, 5.74) is 2.34. The third-order valence-electron chi connectivity index (χ3n) is 6.29. The highest BCUT2D eigenvalue weighted by Crippen LogP contribution is 2.32. The second kappa shape index (κ2) is 10.3. The smallest absolute Gasteiger partial charge is 0.410 e. The first-order valence-corrected chi connectivity index (χ1v) is 14.1. The van der Waals surface area contributed by atoms with E-state index in [1.54, 1.807) is 58.3 Å². The fraction of sp³-hybridized carbons (Fsp3) is 0.194. The maximum atomic E-state index is 14.9. The van der Waals surface area contributed by atoms with Gasteiger partial charge in [0.05, 0.1) is 23.4 Å². The number of nitrogens with zero attached hydrogens (tertiary/aromatic N) is 2. The maximum absolute atomic E-state index is 14.9. The fourth-order valence-corrected chi connectivity index (χ4v) is 5.86. The Morgan fingerprint density at radius 1 is 0.975 bits per heavy atom. The molecular weight excluding hydrogens is 531 g/mol. The summed E-state index contributed by atoms with van der Waals surface area (Å²) in [6.45, 7) is 5.35. The number of ether oxygens (including phenoxy) is 1. The maximum Gasteiger partial charge on any atom is 0.410 e. The fourth-order valence-electron chi connectivity index (χ4n) is 4.42. The molecule has 2 aromatic heterocycles. The van der Waals surface area contributed by atoms with E-state index >= 15 is 0 Å². The molecule has 2 heterocycles. The first kappa shape index (κ1) is 27.2. The molecule has 0 bridgehead atoms. The predicted molar refractivity (Wildman–Crippen MR) is 152 cm³/mol. The number of aromatic nitrogens is 1. The number of carbonyl (C=O) groups excluding carboxylic acids is 1. The number of fused-ring (bicyclic) bond motifs is 1. The SMILES string of the molecule is CN(Cc1cc(-c2ccccc2F)n(S(=O)(=O)c2cccc(-c3ccc4occc4c3)c2)c1)C(=O)OC(C)(C)C. The minimum Gasteiger partial charge on any atom is -0.464 e. The Bertz CT molecular complexity index is 1810. The Kier molecular flexibility index (Phi) is 7.01. The van der Waals surface area contributed by atoms with Crippen molar-refractivity contribution in [3.63, 3.8) is 0 Å². The van der Waals surface area contributed by atoms with Gasteiger partial charge in [-0.3, -0.25) is 0 Å². The average Bonchev–Trinajstić information content (AvgIpc) is 3.55. The first-order chi connectivity index (χ1) is 18.9. The standard InChI is InChI=1S/C31H29FN2O5S/c1-31(2,3)39-30(35)33(4)19-21-16-28(26-10-5-6-11-27(26)32)34(20-21)40(36,37)25-9-7-8-22(18-25)23-12-13-29-24(17-23)14-15-38-29/h5-18,20H,19H2,1-4H3. The molecule has 7 nitrogen and oxygen atoms in total. The van der Waals surface area contributed by atoms with Crippen LogP contribution in [0.25, 0.3) is 33.4 Å². The molecule has 0 unspecified atom stereocenters. The zero-order valence-corrected chi connectivity index (χ0v) is 23.4. The molecule has 5 aromatic rings. The van der Waals surface area contributed by atoms with Gasteiger partial charge in [0.1, 0.15) is 17.0 Å². The van der Waals surface area contributed by atoms with Crippen LogP contribution in [0.4, 0.5) is 9.18 Å². The summed E-state index contributed by atoms with van der Waals surface area (Å²) in [6.07, 6.45) is 2.46. The topological polar surface area (TPSA) is 81.8 Å². The summed E-state index contributed by atoms with van der Waals surface area (Å²) < 4.78 is 54.9. The van der Waals surface area contributed by atoms with Crippen molar-refractivity contribution in [2.24, 2.45) is 0 Å². The highest BCUT2D eigenvalue weighted by Gasteiger charge is 2.26. The van der Waals surface area contributed by atoms with Gasteiger partial charge in [0.15, 0.2) is 0 Å². The van der Waals surface area contributed by atoms with E-state index in [4.69, 9.17) is 9.15 Å². The lowest BCUT2D eigenvalue weighted by molar-refractivity contribution is 0.0285. The number of halogens is 1. The van der Waals surface area contributed by atoms with Crippen LogP contribution in [-0.4, -0.2) is 36.0 Å². The van der Waals surface area contributed by atoms with Gasteiger partial charge in [0.25, 0.3) is 10.0 Å². The first-order valence-electron chi connectivity index (χ1n) is 12.7. The minimum atomic E-state index is -4.16. The van der Waals surface area contributed by atoms with Crippen LogP contribution in [0.3, 0.4) is 0 Å². The molecule has 0 saturated carbocycles. The molecule has 1 amide bonds. The molecule has 206 valence electrons. The lowest BCUT2D eigenvalue weighted by atomic mass is 10.0.